The van der Waals surface area contributed by atoms with Crippen LogP contribution in [0.3, 0.4) is 0 Å². The van der Waals surface area contributed by atoms with E-state index in [1.165, 1.54) is 23.9 Å². The number of hydrogen-bond donors (Lipinski definition) is 2. The fourth-order valence-corrected chi connectivity index (χ4v) is 3.59. The van der Waals surface area contributed by atoms with E-state index in [1.54, 1.807) is 10.9 Å². The Morgan fingerprint density at radius 3 is 2.66 bits per heavy atom. The van der Waals surface area contributed by atoms with Crippen LogP contribution in [0.5, 0.6) is 0 Å². The Labute approximate surface area is 188 Å². The van der Waals surface area contributed by atoms with Gasteiger partial charge in [0.15, 0.2) is 10.8 Å². The van der Waals surface area contributed by atoms with E-state index < -0.39 is 23.2 Å². The average molecular weight is 467 g/mol. The second-order valence-electron chi connectivity index (χ2n) is 7.47. The standard InChI is InChI=1S/C21H25F3N6OS/c1-4-32-20-28-17(26-11-13(2)3)15-12-27-30(18(15)29-20)10-9-25-19(31)14-7-5-6-8-16(14)21(22,23)24/h5-8,12-13H,4,9-11H2,1-3H3,(H,25,31)(H,26,28,29). The molecule has 7 nitrogen and oxygen atoms in total. The molecule has 0 unspecified atom stereocenters. The van der Waals surface area contributed by atoms with E-state index in [2.05, 4.69) is 39.5 Å². The molecule has 1 aromatic carbocycles. The van der Waals surface area contributed by atoms with Gasteiger partial charge in [-0.05, 0) is 23.8 Å². The Kier molecular flexibility index (Phi) is 7.60. The van der Waals surface area contributed by atoms with Crippen molar-refractivity contribution < 1.29 is 18.0 Å². The molecule has 0 spiro atoms. The number of anilines is 1. The van der Waals surface area contributed by atoms with Crippen LogP contribution in [0, 0.1) is 5.92 Å². The van der Waals surface area contributed by atoms with Gasteiger partial charge >= 0.3 is 6.18 Å². The average Bonchev–Trinajstić information content (AvgIpc) is 3.14. The highest BCUT2D eigenvalue weighted by atomic mass is 32.2. The summed E-state index contributed by atoms with van der Waals surface area (Å²) in [4.78, 5) is 21.5. The molecule has 1 amide bonds. The molecule has 0 atom stereocenters. The number of carbonyl (C=O) groups excluding carboxylic acids is 1. The van der Waals surface area contributed by atoms with Crippen LogP contribution in [-0.4, -0.2) is 44.5 Å². The number of alkyl halides is 3. The van der Waals surface area contributed by atoms with E-state index in [-0.39, 0.29) is 13.1 Å². The quantitative estimate of drug-likeness (QED) is 0.358. The van der Waals surface area contributed by atoms with Crippen molar-refractivity contribution in [3.63, 3.8) is 0 Å². The molecule has 0 aliphatic heterocycles. The lowest BCUT2D eigenvalue weighted by Gasteiger charge is -2.13. The highest BCUT2D eigenvalue weighted by Crippen LogP contribution is 2.31. The summed E-state index contributed by atoms with van der Waals surface area (Å²) < 4.78 is 41.1. The molecule has 32 heavy (non-hydrogen) atoms. The first kappa shape index (κ1) is 23.8. The third-order valence-corrected chi connectivity index (χ3v) is 5.24. The van der Waals surface area contributed by atoms with Crippen molar-refractivity contribution in [2.45, 2.75) is 38.6 Å². The first-order valence-electron chi connectivity index (χ1n) is 10.2. The maximum Gasteiger partial charge on any atom is 0.417 e. The molecular weight excluding hydrogens is 441 g/mol. The number of nitrogens with one attached hydrogen (secondary N) is 2. The maximum absolute atomic E-state index is 13.2. The summed E-state index contributed by atoms with van der Waals surface area (Å²) in [7, 11) is 0. The number of fused-ring (bicyclic) bond motifs is 1. The van der Waals surface area contributed by atoms with Gasteiger partial charge in [0.05, 0.1) is 29.3 Å². The van der Waals surface area contributed by atoms with Crippen LogP contribution in [0.2, 0.25) is 0 Å². The molecule has 11 heteroatoms. The zero-order chi connectivity index (χ0) is 23.3. The molecular formula is C21H25F3N6OS. The molecule has 172 valence electrons. The van der Waals surface area contributed by atoms with Crippen LogP contribution < -0.4 is 10.6 Å². The Morgan fingerprint density at radius 1 is 1.22 bits per heavy atom. The van der Waals surface area contributed by atoms with Gasteiger partial charge in [0, 0.05) is 13.1 Å². The topological polar surface area (TPSA) is 84.7 Å². The third-order valence-electron chi connectivity index (χ3n) is 4.51. The van der Waals surface area contributed by atoms with Gasteiger partial charge in [-0.25, -0.2) is 14.6 Å². The lowest BCUT2D eigenvalue weighted by molar-refractivity contribution is -0.137. The summed E-state index contributed by atoms with van der Waals surface area (Å²) >= 11 is 1.50. The van der Waals surface area contributed by atoms with Gasteiger partial charge in [-0.2, -0.15) is 18.3 Å². The normalized spacial score (nSPS) is 11.8. The number of carbonyl (C=O) groups is 1. The minimum atomic E-state index is -4.60. The maximum atomic E-state index is 13.2. The summed E-state index contributed by atoms with van der Waals surface area (Å²) in [6.45, 7) is 7.27. The fraction of sp³-hybridized carbons (Fsp3) is 0.429. The number of benzene rings is 1. The highest BCUT2D eigenvalue weighted by Gasteiger charge is 2.34. The smallest absolute Gasteiger partial charge is 0.369 e. The molecule has 0 saturated heterocycles. The number of amides is 1. The Bertz CT molecular complexity index is 1080. The largest absolute Gasteiger partial charge is 0.417 e. The van der Waals surface area contributed by atoms with Gasteiger partial charge in [-0.1, -0.05) is 44.7 Å². The second-order valence-corrected chi connectivity index (χ2v) is 8.70. The molecule has 0 bridgehead atoms. The van der Waals surface area contributed by atoms with E-state index in [0.717, 1.165) is 29.8 Å². The van der Waals surface area contributed by atoms with Crippen molar-refractivity contribution >= 4 is 34.5 Å². The zero-order valence-corrected chi connectivity index (χ0v) is 18.8. The van der Waals surface area contributed by atoms with Crippen molar-refractivity contribution in [3.05, 3.63) is 41.6 Å². The van der Waals surface area contributed by atoms with Gasteiger partial charge < -0.3 is 10.6 Å². The van der Waals surface area contributed by atoms with Crippen molar-refractivity contribution in [2.24, 2.45) is 5.92 Å². The van der Waals surface area contributed by atoms with Crippen LogP contribution in [0.4, 0.5) is 19.0 Å². The van der Waals surface area contributed by atoms with Gasteiger partial charge in [0.25, 0.3) is 5.91 Å². The van der Waals surface area contributed by atoms with Crippen molar-refractivity contribution in [1.29, 1.82) is 0 Å². The predicted octanol–water partition coefficient (Wildman–Crippen LogP) is 4.46. The third kappa shape index (κ3) is 5.70. The first-order valence-corrected chi connectivity index (χ1v) is 11.2. The SMILES string of the molecule is CCSc1nc(NCC(C)C)c2cnn(CCNC(=O)c3ccccc3C(F)(F)F)c2n1. The molecule has 0 aliphatic carbocycles. The Morgan fingerprint density at radius 2 is 1.97 bits per heavy atom. The molecule has 0 saturated carbocycles. The number of thioether (sulfide) groups is 1. The molecule has 0 fully saturated rings. The van der Waals surface area contributed by atoms with E-state index in [4.69, 9.17) is 0 Å². The molecule has 3 aromatic rings. The fourth-order valence-electron chi connectivity index (χ4n) is 3.03. The number of halogens is 3. The number of rotatable bonds is 9. The van der Waals surface area contributed by atoms with E-state index in [9.17, 15) is 18.0 Å². The highest BCUT2D eigenvalue weighted by molar-refractivity contribution is 7.99. The summed E-state index contributed by atoms with van der Waals surface area (Å²) in [6, 6.07) is 4.72. The molecule has 0 aliphatic rings. The first-order chi connectivity index (χ1) is 15.2. The van der Waals surface area contributed by atoms with Gasteiger partial charge in [-0.3, -0.25) is 4.79 Å². The predicted molar refractivity (Wildman–Crippen MR) is 119 cm³/mol. The monoisotopic (exact) mass is 466 g/mol. The van der Waals surface area contributed by atoms with Crippen LogP contribution in [0.1, 0.15) is 36.7 Å². The van der Waals surface area contributed by atoms with Crippen LogP contribution in [0.15, 0.2) is 35.6 Å². The summed E-state index contributed by atoms with van der Waals surface area (Å²) in [5.74, 6) is 1.13. The van der Waals surface area contributed by atoms with Crippen molar-refractivity contribution in [1.82, 2.24) is 25.1 Å². The van der Waals surface area contributed by atoms with Crippen molar-refractivity contribution in [3.8, 4) is 0 Å². The molecule has 2 heterocycles. The van der Waals surface area contributed by atoms with Crippen LogP contribution in [0.25, 0.3) is 11.0 Å². The van der Waals surface area contributed by atoms with E-state index in [1.807, 2.05) is 6.92 Å². The number of hydrogen-bond acceptors (Lipinski definition) is 6. The minimum absolute atomic E-state index is 0.0941. The number of aromatic nitrogens is 4. The van der Waals surface area contributed by atoms with E-state index >= 15 is 0 Å². The Hall–Kier alpha value is -2.82. The molecule has 0 radical (unpaired) electrons. The lowest BCUT2D eigenvalue weighted by Crippen LogP contribution is -2.29. The minimum Gasteiger partial charge on any atom is -0.369 e. The number of nitrogens with zero attached hydrogens (tertiary/aromatic N) is 4. The molecule has 2 aromatic heterocycles. The van der Waals surface area contributed by atoms with Gasteiger partial charge in [0.2, 0.25) is 0 Å². The summed E-state index contributed by atoms with van der Waals surface area (Å²) in [5, 5.41) is 11.6. The zero-order valence-electron chi connectivity index (χ0n) is 18.0. The van der Waals surface area contributed by atoms with Crippen LogP contribution in [-0.2, 0) is 12.7 Å². The van der Waals surface area contributed by atoms with Gasteiger partial charge in [0.1, 0.15) is 5.82 Å². The van der Waals surface area contributed by atoms with E-state index in [0.29, 0.717) is 22.5 Å². The lowest BCUT2D eigenvalue weighted by atomic mass is 10.1. The van der Waals surface area contributed by atoms with Crippen molar-refractivity contribution in [2.75, 3.05) is 24.2 Å². The van der Waals surface area contributed by atoms with Crippen LogP contribution >= 0.6 is 11.8 Å². The summed E-state index contributed by atoms with van der Waals surface area (Å²) in [6.07, 6.45) is -2.95. The van der Waals surface area contributed by atoms with Gasteiger partial charge in [-0.15, -0.1) is 0 Å². The molecule has 2 N–H and O–H groups in total. The molecule has 3 rings (SSSR count). The summed E-state index contributed by atoms with van der Waals surface area (Å²) in [5.41, 5.74) is -0.765. The Balaban J connectivity index is 1.76. The second kappa shape index (κ2) is 10.2.